The summed E-state index contributed by atoms with van der Waals surface area (Å²) < 4.78 is 4.79. The third kappa shape index (κ3) is 3.99. The number of pyridine rings is 1. The molecule has 0 unspecified atom stereocenters. The van der Waals surface area contributed by atoms with E-state index in [1.807, 2.05) is 48.5 Å². The molecular formula is C22H22N4O3. The highest BCUT2D eigenvalue weighted by molar-refractivity contribution is 5.99. The number of rotatable bonds is 3. The lowest BCUT2D eigenvalue weighted by atomic mass is 10.1. The molecule has 2 aromatic carbocycles. The van der Waals surface area contributed by atoms with Gasteiger partial charge in [-0.1, -0.05) is 24.3 Å². The third-order valence-corrected chi connectivity index (χ3v) is 5.07. The predicted molar refractivity (Wildman–Crippen MR) is 112 cm³/mol. The van der Waals surface area contributed by atoms with Gasteiger partial charge in [-0.15, -0.1) is 0 Å². The molecule has 2 amide bonds. The molecule has 2 heterocycles. The molecule has 7 heteroatoms. The van der Waals surface area contributed by atoms with Gasteiger partial charge in [-0.05, 0) is 30.3 Å². The highest BCUT2D eigenvalue weighted by atomic mass is 16.5. The maximum absolute atomic E-state index is 12.7. The Hall–Kier alpha value is -3.61. The van der Waals surface area contributed by atoms with Crippen LogP contribution in [0.15, 0.2) is 60.8 Å². The smallest absolute Gasteiger partial charge is 0.337 e. The number of anilines is 2. The Kier molecular flexibility index (Phi) is 5.29. The average molecular weight is 390 g/mol. The second-order valence-electron chi connectivity index (χ2n) is 6.83. The number of fused-ring (bicyclic) bond motifs is 1. The van der Waals surface area contributed by atoms with E-state index in [9.17, 15) is 9.59 Å². The Labute approximate surface area is 168 Å². The van der Waals surface area contributed by atoms with Gasteiger partial charge in [0, 0.05) is 43.4 Å². The topological polar surface area (TPSA) is 74.8 Å². The van der Waals surface area contributed by atoms with E-state index < -0.39 is 0 Å². The molecular weight excluding hydrogens is 368 g/mol. The summed E-state index contributed by atoms with van der Waals surface area (Å²) in [6, 6.07) is 16.8. The van der Waals surface area contributed by atoms with Gasteiger partial charge in [-0.3, -0.25) is 4.98 Å². The number of piperazine rings is 1. The Balaban J connectivity index is 1.40. The lowest BCUT2D eigenvalue weighted by Gasteiger charge is -2.36. The lowest BCUT2D eigenvalue weighted by molar-refractivity contribution is 0.0600. The fraction of sp³-hybridized carbons (Fsp3) is 0.227. The van der Waals surface area contributed by atoms with E-state index in [1.54, 1.807) is 17.2 Å². The van der Waals surface area contributed by atoms with E-state index in [1.165, 1.54) is 7.11 Å². The van der Waals surface area contributed by atoms with Gasteiger partial charge < -0.3 is 19.9 Å². The van der Waals surface area contributed by atoms with E-state index in [0.717, 1.165) is 16.6 Å². The largest absolute Gasteiger partial charge is 0.465 e. The highest BCUT2D eigenvalue weighted by Crippen LogP contribution is 2.22. The van der Waals surface area contributed by atoms with Crippen LogP contribution in [-0.4, -0.2) is 55.2 Å². The molecule has 4 rings (SSSR count). The van der Waals surface area contributed by atoms with Gasteiger partial charge in [-0.25, -0.2) is 9.59 Å². The summed E-state index contributed by atoms with van der Waals surface area (Å²) in [6.45, 7) is 2.55. The Morgan fingerprint density at radius 1 is 1.00 bits per heavy atom. The number of methoxy groups -OCH3 is 1. The van der Waals surface area contributed by atoms with Crippen LogP contribution in [0.3, 0.4) is 0 Å². The first-order valence-electron chi connectivity index (χ1n) is 9.49. The van der Waals surface area contributed by atoms with Gasteiger partial charge in [0.2, 0.25) is 0 Å². The number of amides is 2. The maximum Gasteiger partial charge on any atom is 0.337 e. The van der Waals surface area contributed by atoms with Crippen LogP contribution in [0.5, 0.6) is 0 Å². The molecule has 0 radical (unpaired) electrons. The molecule has 0 bridgehead atoms. The van der Waals surface area contributed by atoms with Crippen molar-refractivity contribution >= 4 is 34.3 Å². The van der Waals surface area contributed by atoms with Gasteiger partial charge >= 0.3 is 12.0 Å². The molecule has 0 saturated carbocycles. The molecule has 1 N–H and O–H groups in total. The highest BCUT2D eigenvalue weighted by Gasteiger charge is 2.22. The quantitative estimate of drug-likeness (QED) is 0.694. The number of hydrogen-bond donors (Lipinski definition) is 1. The molecule has 1 saturated heterocycles. The Bertz CT molecular complexity index is 1040. The van der Waals surface area contributed by atoms with Crippen molar-refractivity contribution in [2.45, 2.75) is 0 Å². The molecule has 0 spiro atoms. The minimum Gasteiger partial charge on any atom is -0.465 e. The molecule has 29 heavy (non-hydrogen) atoms. The average Bonchev–Trinajstić information content (AvgIpc) is 2.79. The molecule has 0 aliphatic carbocycles. The van der Waals surface area contributed by atoms with Crippen molar-refractivity contribution in [2.24, 2.45) is 0 Å². The number of hydrogen-bond acceptors (Lipinski definition) is 5. The molecule has 7 nitrogen and oxygen atoms in total. The van der Waals surface area contributed by atoms with Crippen molar-refractivity contribution in [3.63, 3.8) is 0 Å². The normalized spacial score (nSPS) is 14.0. The molecule has 1 aliphatic rings. The number of ether oxygens (including phenoxy) is 1. The van der Waals surface area contributed by atoms with Crippen LogP contribution >= 0.6 is 0 Å². The van der Waals surface area contributed by atoms with Gasteiger partial charge in [0.05, 0.1) is 23.9 Å². The first-order valence-corrected chi connectivity index (χ1v) is 9.49. The molecule has 3 aromatic rings. The summed E-state index contributed by atoms with van der Waals surface area (Å²) in [5.41, 5.74) is 2.96. The van der Waals surface area contributed by atoms with Crippen LogP contribution in [0.4, 0.5) is 16.2 Å². The van der Waals surface area contributed by atoms with Crippen molar-refractivity contribution < 1.29 is 14.3 Å². The third-order valence-electron chi connectivity index (χ3n) is 5.07. The Morgan fingerprint density at radius 2 is 1.76 bits per heavy atom. The van der Waals surface area contributed by atoms with Crippen LogP contribution in [0.1, 0.15) is 10.4 Å². The summed E-state index contributed by atoms with van der Waals surface area (Å²) in [5.74, 6) is -0.353. The van der Waals surface area contributed by atoms with Crippen LogP contribution in [0.25, 0.3) is 10.9 Å². The van der Waals surface area contributed by atoms with Crippen molar-refractivity contribution in [1.29, 1.82) is 0 Å². The van der Waals surface area contributed by atoms with E-state index >= 15 is 0 Å². The molecule has 148 valence electrons. The second-order valence-corrected chi connectivity index (χ2v) is 6.83. The number of nitrogens with one attached hydrogen (secondary N) is 1. The number of nitrogens with zero attached hydrogens (tertiary/aromatic N) is 3. The van der Waals surface area contributed by atoms with E-state index in [2.05, 4.69) is 15.2 Å². The van der Waals surface area contributed by atoms with Gasteiger partial charge in [0.1, 0.15) is 0 Å². The molecule has 0 atom stereocenters. The van der Waals surface area contributed by atoms with Gasteiger partial charge in [0.15, 0.2) is 0 Å². The first-order chi connectivity index (χ1) is 14.2. The zero-order valence-corrected chi connectivity index (χ0v) is 16.2. The van der Waals surface area contributed by atoms with Gasteiger partial charge in [0.25, 0.3) is 0 Å². The zero-order chi connectivity index (χ0) is 20.2. The molecule has 1 aromatic heterocycles. The molecule has 1 fully saturated rings. The summed E-state index contributed by atoms with van der Waals surface area (Å²) in [6.07, 6.45) is 1.72. The van der Waals surface area contributed by atoms with E-state index in [0.29, 0.717) is 37.4 Å². The fourth-order valence-corrected chi connectivity index (χ4v) is 3.51. The minimum absolute atomic E-state index is 0.133. The van der Waals surface area contributed by atoms with E-state index in [4.69, 9.17) is 4.74 Å². The number of para-hydroxylation sites is 1. The van der Waals surface area contributed by atoms with Crippen LogP contribution < -0.4 is 10.2 Å². The Morgan fingerprint density at radius 3 is 2.55 bits per heavy atom. The number of benzene rings is 2. The lowest BCUT2D eigenvalue weighted by Crippen LogP contribution is -2.50. The van der Waals surface area contributed by atoms with Crippen LogP contribution in [0.2, 0.25) is 0 Å². The van der Waals surface area contributed by atoms with Gasteiger partial charge in [-0.2, -0.15) is 0 Å². The number of aromatic nitrogens is 1. The summed E-state index contributed by atoms with van der Waals surface area (Å²) in [7, 11) is 1.37. The second kappa shape index (κ2) is 8.18. The van der Waals surface area contributed by atoms with Crippen molar-refractivity contribution in [2.75, 3.05) is 43.5 Å². The standard InChI is InChI=1S/C22H22N4O3/c1-29-21(27)17-6-2-8-18(15-17)25-11-13-26(14-12-25)22(28)24-19-9-3-5-16-7-4-10-23-20(16)19/h2-10,15H,11-14H2,1H3,(H,24,28). The minimum atomic E-state index is -0.353. The first kappa shape index (κ1) is 18.7. The number of esters is 1. The summed E-state index contributed by atoms with van der Waals surface area (Å²) >= 11 is 0. The number of urea groups is 1. The van der Waals surface area contributed by atoms with Crippen LogP contribution in [0, 0.1) is 0 Å². The van der Waals surface area contributed by atoms with Crippen molar-refractivity contribution in [3.05, 3.63) is 66.4 Å². The summed E-state index contributed by atoms with van der Waals surface area (Å²) in [5, 5.41) is 3.97. The molecule has 1 aliphatic heterocycles. The summed E-state index contributed by atoms with van der Waals surface area (Å²) in [4.78, 5) is 32.8. The van der Waals surface area contributed by atoms with Crippen molar-refractivity contribution in [1.82, 2.24) is 9.88 Å². The predicted octanol–water partition coefficient (Wildman–Crippen LogP) is 3.38. The maximum atomic E-state index is 12.7. The zero-order valence-electron chi connectivity index (χ0n) is 16.2. The number of carbonyl (C=O) groups excluding carboxylic acids is 2. The SMILES string of the molecule is COC(=O)c1cccc(N2CCN(C(=O)Nc3cccc4cccnc34)CC2)c1. The number of carbonyl (C=O) groups is 2. The van der Waals surface area contributed by atoms with E-state index in [-0.39, 0.29) is 12.0 Å². The monoisotopic (exact) mass is 390 g/mol. The van der Waals surface area contributed by atoms with Crippen molar-refractivity contribution in [3.8, 4) is 0 Å². The fourth-order valence-electron chi connectivity index (χ4n) is 3.51. The van der Waals surface area contributed by atoms with Crippen LogP contribution in [-0.2, 0) is 4.74 Å².